The number of urea groups is 1. The Labute approximate surface area is 107 Å². The van der Waals surface area contributed by atoms with Crippen LogP contribution in [0.2, 0.25) is 0 Å². The zero-order valence-corrected chi connectivity index (χ0v) is 11.4. The summed E-state index contributed by atoms with van der Waals surface area (Å²) in [4.78, 5) is 12.7. The Morgan fingerprint density at radius 1 is 1.41 bits per heavy atom. The Morgan fingerprint density at radius 2 is 2.18 bits per heavy atom. The molecule has 1 aromatic carbocycles. The van der Waals surface area contributed by atoms with Gasteiger partial charge in [0.05, 0.1) is 0 Å². The molecule has 0 aliphatic rings. The summed E-state index contributed by atoms with van der Waals surface area (Å²) in [5, 5.41) is 5.67. The minimum absolute atomic E-state index is 0.135. The van der Waals surface area contributed by atoms with E-state index in [1.807, 2.05) is 30.5 Å². The molecule has 0 atom stereocenters. The average Bonchev–Trinajstić information content (AvgIpc) is 2.28. The van der Waals surface area contributed by atoms with Crippen LogP contribution in [0.4, 0.5) is 10.5 Å². The zero-order chi connectivity index (χ0) is 12.7. The predicted octanol–water partition coefficient (Wildman–Crippen LogP) is 3.58. The van der Waals surface area contributed by atoms with Crippen LogP contribution in [0.15, 0.2) is 29.2 Å². The number of carbonyl (C=O) groups is 1. The summed E-state index contributed by atoms with van der Waals surface area (Å²) in [6.07, 6.45) is 3.01. The summed E-state index contributed by atoms with van der Waals surface area (Å²) < 4.78 is 0. The SMILES string of the molecule is CSc1cccc(NC(=O)NCCC(C)C)c1. The second-order valence-electron chi connectivity index (χ2n) is 4.30. The number of carbonyl (C=O) groups excluding carboxylic acids is 1. The van der Waals surface area contributed by atoms with Gasteiger partial charge in [0.25, 0.3) is 0 Å². The lowest BCUT2D eigenvalue weighted by Gasteiger charge is -2.09. The van der Waals surface area contributed by atoms with Crippen molar-refractivity contribution in [3.8, 4) is 0 Å². The van der Waals surface area contributed by atoms with Gasteiger partial charge in [0.2, 0.25) is 0 Å². The summed E-state index contributed by atoms with van der Waals surface area (Å²) >= 11 is 1.66. The van der Waals surface area contributed by atoms with Gasteiger partial charge in [0.15, 0.2) is 0 Å². The summed E-state index contributed by atoms with van der Waals surface area (Å²) in [7, 11) is 0. The van der Waals surface area contributed by atoms with Gasteiger partial charge in [-0.25, -0.2) is 4.79 Å². The fourth-order valence-electron chi connectivity index (χ4n) is 1.35. The molecular formula is C13H20N2OS. The van der Waals surface area contributed by atoms with E-state index in [0.29, 0.717) is 12.5 Å². The summed E-state index contributed by atoms with van der Waals surface area (Å²) in [5.74, 6) is 0.607. The molecular weight excluding hydrogens is 232 g/mol. The minimum atomic E-state index is -0.135. The molecule has 0 heterocycles. The van der Waals surface area contributed by atoms with Crippen molar-refractivity contribution in [2.45, 2.75) is 25.2 Å². The van der Waals surface area contributed by atoms with E-state index in [2.05, 4.69) is 24.5 Å². The van der Waals surface area contributed by atoms with Crippen LogP contribution in [0.25, 0.3) is 0 Å². The van der Waals surface area contributed by atoms with Crippen LogP contribution in [-0.4, -0.2) is 18.8 Å². The van der Waals surface area contributed by atoms with Gasteiger partial charge in [-0.15, -0.1) is 11.8 Å². The van der Waals surface area contributed by atoms with Gasteiger partial charge < -0.3 is 10.6 Å². The fourth-order valence-corrected chi connectivity index (χ4v) is 1.81. The lowest BCUT2D eigenvalue weighted by molar-refractivity contribution is 0.251. The van der Waals surface area contributed by atoms with Crippen molar-refractivity contribution in [3.05, 3.63) is 24.3 Å². The minimum Gasteiger partial charge on any atom is -0.338 e. The first-order valence-electron chi connectivity index (χ1n) is 5.80. The number of thioether (sulfide) groups is 1. The van der Waals surface area contributed by atoms with Gasteiger partial charge in [-0.05, 0) is 36.8 Å². The maximum absolute atomic E-state index is 11.6. The summed E-state index contributed by atoms with van der Waals surface area (Å²) in [6.45, 7) is 4.99. The molecule has 2 amide bonds. The Bertz CT molecular complexity index is 366. The molecule has 0 bridgehead atoms. The average molecular weight is 252 g/mol. The normalized spacial score (nSPS) is 10.4. The topological polar surface area (TPSA) is 41.1 Å². The lowest BCUT2D eigenvalue weighted by atomic mass is 10.1. The van der Waals surface area contributed by atoms with Gasteiger partial charge >= 0.3 is 6.03 Å². The van der Waals surface area contributed by atoms with Gasteiger partial charge in [0, 0.05) is 17.1 Å². The Kier molecular flexibility index (Phi) is 5.91. The highest BCUT2D eigenvalue weighted by Gasteiger charge is 2.02. The van der Waals surface area contributed by atoms with Crippen molar-refractivity contribution < 1.29 is 4.79 Å². The van der Waals surface area contributed by atoms with E-state index >= 15 is 0 Å². The number of nitrogens with one attached hydrogen (secondary N) is 2. The maximum Gasteiger partial charge on any atom is 0.319 e. The van der Waals surface area contributed by atoms with Gasteiger partial charge in [-0.2, -0.15) is 0 Å². The molecule has 0 fully saturated rings. The van der Waals surface area contributed by atoms with Crippen LogP contribution < -0.4 is 10.6 Å². The number of benzene rings is 1. The van der Waals surface area contributed by atoms with Crippen molar-refractivity contribution in [1.82, 2.24) is 5.32 Å². The molecule has 0 aliphatic carbocycles. The molecule has 0 spiro atoms. The first kappa shape index (κ1) is 13.9. The quantitative estimate of drug-likeness (QED) is 0.786. The van der Waals surface area contributed by atoms with Crippen LogP contribution >= 0.6 is 11.8 Å². The molecule has 0 aromatic heterocycles. The van der Waals surface area contributed by atoms with Crippen LogP contribution in [0.3, 0.4) is 0 Å². The lowest BCUT2D eigenvalue weighted by Crippen LogP contribution is -2.30. The Morgan fingerprint density at radius 3 is 2.82 bits per heavy atom. The smallest absolute Gasteiger partial charge is 0.319 e. The van der Waals surface area contributed by atoms with Crippen molar-refractivity contribution in [3.63, 3.8) is 0 Å². The molecule has 3 nitrogen and oxygen atoms in total. The zero-order valence-electron chi connectivity index (χ0n) is 10.6. The van der Waals surface area contributed by atoms with E-state index in [1.54, 1.807) is 11.8 Å². The first-order valence-corrected chi connectivity index (χ1v) is 7.03. The highest BCUT2D eigenvalue weighted by atomic mass is 32.2. The third-order valence-corrected chi connectivity index (χ3v) is 3.06. The molecule has 0 aliphatic heterocycles. The third-order valence-electron chi connectivity index (χ3n) is 2.33. The van der Waals surface area contributed by atoms with Gasteiger partial charge in [-0.3, -0.25) is 0 Å². The molecule has 0 saturated heterocycles. The largest absolute Gasteiger partial charge is 0.338 e. The predicted molar refractivity (Wildman–Crippen MR) is 74.7 cm³/mol. The number of anilines is 1. The van der Waals surface area contributed by atoms with Crippen LogP contribution in [0.5, 0.6) is 0 Å². The van der Waals surface area contributed by atoms with E-state index in [0.717, 1.165) is 17.0 Å². The molecule has 4 heteroatoms. The molecule has 1 aromatic rings. The molecule has 0 saturated carbocycles. The van der Waals surface area contributed by atoms with Crippen LogP contribution in [0, 0.1) is 5.92 Å². The standard InChI is InChI=1S/C13H20N2OS/c1-10(2)7-8-14-13(16)15-11-5-4-6-12(9-11)17-3/h4-6,9-10H,7-8H2,1-3H3,(H2,14,15,16). The fraction of sp³-hybridized carbons (Fsp3) is 0.462. The van der Waals surface area contributed by atoms with Crippen molar-refractivity contribution in [1.29, 1.82) is 0 Å². The number of hydrogen-bond donors (Lipinski definition) is 2. The van der Waals surface area contributed by atoms with Crippen molar-refractivity contribution >= 4 is 23.5 Å². The monoisotopic (exact) mass is 252 g/mol. The second kappa shape index (κ2) is 7.22. The first-order chi connectivity index (χ1) is 8.11. The Balaban J connectivity index is 2.39. The van der Waals surface area contributed by atoms with E-state index in [1.165, 1.54) is 0 Å². The highest BCUT2D eigenvalue weighted by molar-refractivity contribution is 7.98. The molecule has 0 radical (unpaired) electrons. The van der Waals surface area contributed by atoms with Gasteiger partial charge in [0.1, 0.15) is 0 Å². The Hall–Kier alpha value is -1.16. The molecule has 17 heavy (non-hydrogen) atoms. The number of rotatable bonds is 5. The summed E-state index contributed by atoms with van der Waals surface area (Å²) in [6, 6.07) is 7.68. The highest BCUT2D eigenvalue weighted by Crippen LogP contribution is 2.18. The van der Waals surface area contributed by atoms with Crippen molar-refractivity contribution in [2.75, 3.05) is 18.1 Å². The van der Waals surface area contributed by atoms with Crippen molar-refractivity contribution in [2.24, 2.45) is 5.92 Å². The van der Waals surface area contributed by atoms with Crippen LogP contribution in [-0.2, 0) is 0 Å². The number of hydrogen-bond acceptors (Lipinski definition) is 2. The maximum atomic E-state index is 11.6. The second-order valence-corrected chi connectivity index (χ2v) is 5.18. The van der Waals surface area contributed by atoms with Crippen LogP contribution in [0.1, 0.15) is 20.3 Å². The van der Waals surface area contributed by atoms with E-state index in [4.69, 9.17) is 0 Å². The molecule has 94 valence electrons. The van der Waals surface area contributed by atoms with E-state index in [-0.39, 0.29) is 6.03 Å². The number of amides is 2. The molecule has 1 rings (SSSR count). The summed E-state index contributed by atoms with van der Waals surface area (Å²) in [5.41, 5.74) is 0.832. The third kappa shape index (κ3) is 5.63. The molecule has 2 N–H and O–H groups in total. The van der Waals surface area contributed by atoms with Gasteiger partial charge in [-0.1, -0.05) is 19.9 Å². The van der Waals surface area contributed by atoms with E-state index in [9.17, 15) is 4.79 Å². The molecule has 0 unspecified atom stereocenters. The van der Waals surface area contributed by atoms with E-state index < -0.39 is 0 Å².